The molecule has 2 N–H and O–H groups in total. The van der Waals surface area contributed by atoms with Gasteiger partial charge in [-0.3, -0.25) is 0 Å². The Morgan fingerprint density at radius 2 is 1.86 bits per heavy atom. The van der Waals surface area contributed by atoms with Gasteiger partial charge in [0.2, 0.25) is 0 Å². The molecule has 0 atom stereocenters. The number of hydrogen-bond acceptors (Lipinski definition) is 3. The third-order valence-corrected chi connectivity index (χ3v) is 3.46. The van der Waals surface area contributed by atoms with Crippen molar-refractivity contribution in [3.8, 4) is 0 Å². The Bertz CT molecular complexity index is 131. The lowest BCUT2D eigenvalue weighted by Gasteiger charge is -2.27. The van der Waals surface area contributed by atoms with Crippen LogP contribution in [-0.2, 0) is 0 Å². The highest BCUT2D eigenvalue weighted by Gasteiger charge is 2.13. The van der Waals surface area contributed by atoms with E-state index in [0.29, 0.717) is 0 Å². The van der Waals surface area contributed by atoms with Gasteiger partial charge < -0.3 is 10.6 Å². The molecule has 1 saturated heterocycles. The van der Waals surface area contributed by atoms with Crippen molar-refractivity contribution in [1.82, 2.24) is 4.90 Å². The molecule has 0 aromatic rings. The van der Waals surface area contributed by atoms with Crippen molar-refractivity contribution < 1.29 is 0 Å². The van der Waals surface area contributed by atoms with Gasteiger partial charge in [-0.05, 0) is 70.0 Å². The third-order valence-electron chi connectivity index (χ3n) is 3.14. The van der Waals surface area contributed by atoms with Gasteiger partial charge in [-0.25, -0.2) is 0 Å². The van der Waals surface area contributed by atoms with Crippen LogP contribution in [0.2, 0.25) is 0 Å². The molecular formula is C11H24N2S. The molecule has 0 bridgehead atoms. The summed E-state index contributed by atoms with van der Waals surface area (Å²) >= 11 is 4.25. The molecule has 1 aliphatic heterocycles. The van der Waals surface area contributed by atoms with Crippen LogP contribution in [0.4, 0.5) is 0 Å². The molecule has 0 saturated carbocycles. The second kappa shape index (κ2) is 7.55. The second-order valence-corrected chi connectivity index (χ2v) is 4.75. The van der Waals surface area contributed by atoms with Gasteiger partial charge in [0.25, 0.3) is 0 Å². The van der Waals surface area contributed by atoms with Crippen molar-refractivity contribution in [1.29, 1.82) is 0 Å². The van der Waals surface area contributed by atoms with Crippen LogP contribution in [0.25, 0.3) is 0 Å². The van der Waals surface area contributed by atoms with Crippen LogP contribution in [0.5, 0.6) is 0 Å². The normalized spacial score (nSPS) is 21.9. The fraction of sp³-hybridized carbons (Fsp3) is 1.00. The van der Waals surface area contributed by atoms with Crippen molar-refractivity contribution >= 4 is 12.6 Å². The van der Waals surface area contributed by atoms with Crippen LogP contribution in [0.3, 0.4) is 0 Å². The SMILES string of the molecule is NCC1CCCN(CCCS)CCC1. The molecule has 0 spiro atoms. The molecule has 0 radical (unpaired) electrons. The molecule has 0 aromatic carbocycles. The van der Waals surface area contributed by atoms with Gasteiger partial charge >= 0.3 is 0 Å². The van der Waals surface area contributed by atoms with E-state index >= 15 is 0 Å². The summed E-state index contributed by atoms with van der Waals surface area (Å²) in [4.78, 5) is 2.59. The highest BCUT2D eigenvalue weighted by Crippen LogP contribution is 2.16. The summed E-state index contributed by atoms with van der Waals surface area (Å²) in [6, 6.07) is 0. The Labute approximate surface area is 93.6 Å². The minimum absolute atomic E-state index is 0.794. The number of nitrogens with two attached hydrogens (primary N) is 1. The smallest absolute Gasteiger partial charge is 0.00110 e. The Balaban J connectivity index is 2.18. The first kappa shape index (κ1) is 12.3. The summed E-state index contributed by atoms with van der Waals surface area (Å²) in [5, 5.41) is 0. The standard InChI is InChI=1S/C11H24N2S/c12-10-11-4-1-6-13(7-2-5-11)8-3-9-14/h11,14H,1-10,12H2. The van der Waals surface area contributed by atoms with Crippen molar-refractivity contribution in [2.75, 3.05) is 31.9 Å². The molecule has 0 amide bonds. The number of likely N-dealkylation sites (tertiary alicyclic amines) is 1. The minimum atomic E-state index is 0.794. The Morgan fingerprint density at radius 3 is 2.36 bits per heavy atom. The first-order valence-corrected chi connectivity index (χ1v) is 6.53. The maximum Gasteiger partial charge on any atom is -0.00110 e. The second-order valence-electron chi connectivity index (χ2n) is 4.30. The zero-order valence-corrected chi connectivity index (χ0v) is 10.0. The Kier molecular flexibility index (Phi) is 6.65. The Hall–Kier alpha value is 0.270. The van der Waals surface area contributed by atoms with Gasteiger partial charge in [0.05, 0.1) is 0 Å². The van der Waals surface area contributed by atoms with E-state index in [4.69, 9.17) is 5.73 Å². The highest BCUT2D eigenvalue weighted by atomic mass is 32.1. The summed E-state index contributed by atoms with van der Waals surface area (Å²) in [5.74, 6) is 1.81. The quantitative estimate of drug-likeness (QED) is 0.701. The van der Waals surface area contributed by atoms with E-state index < -0.39 is 0 Å². The Morgan fingerprint density at radius 1 is 1.21 bits per heavy atom. The molecule has 0 aliphatic carbocycles. The molecule has 3 heteroatoms. The van der Waals surface area contributed by atoms with Crippen molar-refractivity contribution in [3.05, 3.63) is 0 Å². The van der Waals surface area contributed by atoms with Crippen molar-refractivity contribution in [3.63, 3.8) is 0 Å². The number of nitrogens with zero attached hydrogens (tertiary/aromatic N) is 1. The average molecular weight is 216 g/mol. The van der Waals surface area contributed by atoms with Gasteiger partial charge in [-0.15, -0.1) is 0 Å². The van der Waals surface area contributed by atoms with Crippen LogP contribution < -0.4 is 5.73 Å². The van der Waals surface area contributed by atoms with Crippen LogP contribution in [-0.4, -0.2) is 36.8 Å². The molecule has 1 rings (SSSR count). The molecule has 1 heterocycles. The summed E-state index contributed by atoms with van der Waals surface area (Å²) in [6.45, 7) is 4.65. The molecule has 1 aliphatic rings. The van der Waals surface area contributed by atoms with Gasteiger partial charge in [0, 0.05) is 0 Å². The van der Waals surface area contributed by atoms with Crippen LogP contribution in [0, 0.1) is 5.92 Å². The van der Waals surface area contributed by atoms with Crippen LogP contribution in [0.15, 0.2) is 0 Å². The lowest BCUT2D eigenvalue weighted by atomic mass is 9.95. The van der Waals surface area contributed by atoms with Gasteiger partial charge in [0.15, 0.2) is 0 Å². The monoisotopic (exact) mass is 216 g/mol. The zero-order chi connectivity index (χ0) is 10.2. The number of hydrogen-bond donors (Lipinski definition) is 2. The number of rotatable bonds is 4. The molecule has 0 unspecified atom stereocenters. The van der Waals surface area contributed by atoms with E-state index in [1.165, 1.54) is 51.7 Å². The van der Waals surface area contributed by atoms with Crippen molar-refractivity contribution in [2.24, 2.45) is 11.7 Å². The predicted molar refractivity (Wildman–Crippen MR) is 65.9 cm³/mol. The van der Waals surface area contributed by atoms with Gasteiger partial charge in [-0.2, -0.15) is 12.6 Å². The third kappa shape index (κ3) is 4.67. The first-order valence-electron chi connectivity index (χ1n) is 5.90. The summed E-state index contributed by atoms with van der Waals surface area (Å²) in [7, 11) is 0. The lowest BCUT2D eigenvalue weighted by molar-refractivity contribution is 0.227. The fourth-order valence-electron chi connectivity index (χ4n) is 2.22. The highest BCUT2D eigenvalue weighted by molar-refractivity contribution is 7.80. The lowest BCUT2D eigenvalue weighted by Crippen LogP contribution is -2.31. The van der Waals surface area contributed by atoms with E-state index in [-0.39, 0.29) is 0 Å². The molecule has 14 heavy (non-hydrogen) atoms. The number of thiol groups is 1. The molecule has 1 fully saturated rings. The molecular weight excluding hydrogens is 192 g/mol. The fourth-order valence-corrected chi connectivity index (χ4v) is 2.36. The molecule has 84 valence electrons. The predicted octanol–water partition coefficient (Wildman–Crippen LogP) is 1.76. The topological polar surface area (TPSA) is 29.3 Å². The summed E-state index contributed by atoms with van der Waals surface area (Å²) in [5.41, 5.74) is 5.71. The maximum absolute atomic E-state index is 5.71. The van der Waals surface area contributed by atoms with Crippen molar-refractivity contribution in [2.45, 2.75) is 32.1 Å². The van der Waals surface area contributed by atoms with Crippen LogP contribution in [0.1, 0.15) is 32.1 Å². The summed E-state index contributed by atoms with van der Waals surface area (Å²) < 4.78 is 0. The van der Waals surface area contributed by atoms with Gasteiger partial charge in [0.1, 0.15) is 0 Å². The van der Waals surface area contributed by atoms with E-state index in [0.717, 1.165) is 18.2 Å². The molecule has 2 nitrogen and oxygen atoms in total. The summed E-state index contributed by atoms with van der Waals surface area (Å²) in [6.07, 6.45) is 6.54. The molecule has 0 aromatic heterocycles. The minimum Gasteiger partial charge on any atom is -0.330 e. The van der Waals surface area contributed by atoms with Gasteiger partial charge in [-0.1, -0.05) is 0 Å². The zero-order valence-electron chi connectivity index (χ0n) is 9.12. The largest absolute Gasteiger partial charge is 0.330 e. The van der Waals surface area contributed by atoms with E-state index in [9.17, 15) is 0 Å². The van der Waals surface area contributed by atoms with E-state index in [2.05, 4.69) is 17.5 Å². The van der Waals surface area contributed by atoms with E-state index in [1.807, 2.05) is 0 Å². The van der Waals surface area contributed by atoms with E-state index in [1.54, 1.807) is 0 Å². The van der Waals surface area contributed by atoms with Crippen LogP contribution >= 0.6 is 12.6 Å². The average Bonchev–Trinajstić information content (AvgIpc) is 2.16. The first-order chi connectivity index (χ1) is 6.86. The maximum atomic E-state index is 5.71.